The van der Waals surface area contributed by atoms with Gasteiger partial charge in [0.2, 0.25) is 5.78 Å². The molecule has 0 unspecified atom stereocenters. The number of ether oxygens (including phenoxy) is 7. The lowest BCUT2D eigenvalue weighted by atomic mass is 9.67. The fraction of sp³-hybridized carbons (Fsp3) is 0.619. The van der Waals surface area contributed by atoms with Crippen molar-refractivity contribution >= 4 is 23.3 Å². The number of esters is 1. The van der Waals surface area contributed by atoms with Gasteiger partial charge in [0.25, 0.3) is 0 Å². The first-order valence-electron chi connectivity index (χ1n) is 21.2. The van der Waals surface area contributed by atoms with Gasteiger partial charge in [-0.15, -0.1) is 0 Å². The lowest BCUT2D eigenvalue weighted by Crippen LogP contribution is -2.58. The molecule has 16 heteroatoms. The molecule has 316 valence electrons. The van der Waals surface area contributed by atoms with Crippen LogP contribution in [0.2, 0.25) is 0 Å². The Bertz CT molecular complexity index is 2050. The topological polar surface area (TPSA) is 217 Å². The summed E-state index contributed by atoms with van der Waals surface area (Å²) < 4.78 is 65.0. The van der Waals surface area contributed by atoms with Crippen molar-refractivity contribution < 1.29 is 76.9 Å². The van der Waals surface area contributed by atoms with E-state index in [0.29, 0.717) is 12.8 Å². The van der Waals surface area contributed by atoms with E-state index < -0.39 is 127 Å². The van der Waals surface area contributed by atoms with Crippen LogP contribution >= 0.6 is 0 Å². The van der Waals surface area contributed by atoms with Crippen LogP contribution in [0.15, 0.2) is 24.3 Å². The molecular formula is C42H53NO15. The van der Waals surface area contributed by atoms with Gasteiger partial charge in [-0.25, -0.2) is 0 Å². The van der Waals surface area contributed by atoms with Crippen molar-refractivity contribution in [3.63, 3.8) is 0 Å². The summed E-state index contributed by atoms with van der Waals surface area (Å²) in [6.45, 7) is 6.74. The summed E-state index contributed by atoms with van der Waals surface area (Å²) in [7, 11) is 0.454. The lowest BCUT2D eigenvalue weighted by molar-refractivity contribution is -0.324. The van der Waals surface area contributed by atoms with Crippen LogP contribution in [0.3, 0.4) is 0 Å². The van der Waals surface area contributed by atoms with Gasteiger partial charge in [-0.2, -0.15) is 0 Å². The third-order valence-corrected chi connectivity index (χ3v) is 12.3. The standard InChI is InChI=1S/C42H53NO15/c1-8-42(51)17-28(33-22(35(42)41(50)52-7)14-23-34(38(33)49)37(48)32-21(36(23)47)10-9-11-26(32)45)56-30-15-24(43(5)6)39(19(3)54-30)58-31-16-27(46)40(20(4)55-31)57-29-13-12-25(44)18(2)53-29/h9-11,14,18-20,24,27-31,35,39-40,45-46,49,51H,8,12-13,15-17H2,1-7H3/t18-,19-,20-,24-,27-,28-,29-,30-,31-,35-,39+,40+,42+/m0/s1/i7+1D3. The Kier molecular flexibility index (Phi) is 10.8. The Morgan fingerprint density at radius 2 is 1.62 bits per heavy atom. The van der Waals surface area contributed by atoms with Crippen LogP contribution in [0.4, 0.5) is 0 Å². The number of aliphatic hydroxyl groups is 2. The van der Waals surface area contributed by atoms with E-state index >= 15 is 0 Å². The number of rotatable bonds is 9. The average molecular weight is 816 g/mol. The summed E-state index contributed by atoms with van der Waals surface area (Å²) in [6.07, 6.45) is -7.77. The molecule has 3 fully saturated rings. The molecule has 3 saturated heterocycles. The molecule has 0 amide bonds. The van der Waals surface area contributed by atoms with Crippen molar-refractivity contribution in [3.8, 4) is 11.5 Å². The quantitative estimate of drug-likeness (QED) is 0.180. The largest absolute Gasteiger partial charge is 0.507 e. The van der Waals surface area contributed by atoms with Crippen LogP contribution in [-0.2, 0) is 42.7 Å². The first-order valence-corrected chi connectivity index (χ1v) is 19.7. The third-order valence-electron chi connectivity index (χ3n) is 12.3. The van der Waals surface area contributed by atoms with Crippen molar-refractivity contribution in [2.45, 2.75) is 145 Å². The maximum absolute atomic E-state index is 14.0. The Balaban J connectivity index is 1.16. The number of benzene rings is 2. The monoisotopic (exact) mass is 815 g/mol. The molecule has 58 heavy (non-hydrogen) atoms. The highest BCUT2D eigenvalue weighted by Crippen LogP contribution is 2.54. The van der Waals surface area contributed by atoms with E-state index in [2.05, 4.69) is 0 Å². The van der Waals surface area contributed by atoms with Crippen molar-refractivity contribution in [1.82, 2.24) is 4.90 Å². The number of hydrogen-bond acceptors (Lipinski definition) is 16. The minimum atomic E-state index is -3.21. The number of carbonyl (C=O) groups excluding carboxylic acids is 4. The van der Waals surface area contributed by atoms with E-state index in [0.717, 1.165) is 0 Å². The SMILES string of the molecule is [2H][13C]([2H])([2H])OC(=O)[C@@H]1c2cc3c(c(O)c2[C@@H](O[C@H]2C[C@H](N(C)C)[C@H](O[C@H]4C[C@H](O)[C@H](O[C@H]5CCC(=O)[C@H](C)O5)[C@H](C)O4)[C@H](C)O2)C[C@]1(O)CC)C(=O)c1c(O)cccc1C3=O. The van der Waals surface area contributed by atoms with Crippen LogP contribution in [0.25, 0.3) is 0 Å². The first-order chi connectivity index (χ1) is 28.6. The number of phenols is 2. The number of phenolic OH excluding ortho intramolecular Hbond substituents is 2. The number of aromatic hydroxyl groups is 2. The molecule has 3 heterocycles. The Morgan fingerprint density at radius 1 is 0.931 bits per heavy atom. The van der Waals surface area contributed by atoms with Crippen LogP contribution < -0.4 is 0 Å². The van der Waals surface area contributed by atoms with E-state index in [9.17, 15) is 39.6 Å². The zero-order valence-electron chi connectivity index (χ0n) is 36.2. The summed E-state index contributed by atoms with van der Waals surface area (Å²) in [5.74, 6) is -5.95. The highest BCUT2D eigenvalue weighted by molar-refractivity contribution is 6.30. The molecule has 4 N–H and O–H groups in total. The van der Waals surface area contributed by atoms with E-state index in [-0.39, 0.29) is 52.9 Å². The smallest absolute Gasteiger partial charge is 0.316 e. The number of nitrogens with zero attached hydrogens (tertiary/aromatic N) is 1. The van der Waals surface area contributed by atoms with Crippen LogP contribution in [-0.4, -0.2) is 137 Å². The number of fused-ring (bicyclic) bond motifs is 3. The number of carbonyl (C=O) groups is 4. The van der Waals surface area contributed by atoms with Gasteiger partial charge in [0, 0.05) is 54.8 Å². The van der Waals surface area contributed by atoms with Crippen LogP contribution in [0, 0.1) is 0 Å². The van der Waals surface area contributed by atoms with E-state index in [1.165, 1.54) is 24.3 Å². The molecule has 3 aliphatic heterocycles. The van der Waals surface area contributed by atoms with Crippen molar-refractivity contribution in [2.75, 3.05) is 21.1 Å². The Morgan fingerprint density at radius 3 is 2.28 bits per heavy atom. The number of ketones is 3. The van der Waals surface area contributed by atoms with Crippen LogP contribution in [0.1, 0.15) is 125 Å². The molecule has 7 rings (SSSR count). The molecule has 2 aliphatic carbocycles. The molecule has 0 bridgehead atoms. The van der Waals surface area contributed by atoms with E-state index in [1.807, 2.05) is 19.0 Å². The maximum atomic E-state index is 14.0. The summed E-state index contributed by atoms with van der Waals surface area (Å²) in [4.78, 5) is 55.4. The van der Waals surface area contributed by atoms with Crippen molar-refractivity contribution in [2.24, 2.45) is 0 Å². The van der Waals surface area contributed by atoms with E-state index in [1.54, 1.807) is 27.7 Å². The van der Waals surface area contributed by atoms with Crippen molar-refractivity contribution in [1.29, 1.82) is 0 Å². The van der Waals surface area contributed by atoms with Gasteiger partial charge < -0.3 is 58.5 Å². The molecule has 16 nitrogen and oxygen atoms in total. The first kappa shape index (κ1) is 38.4. The van der Waals surface area contributed by atoms with Gasteiger partial charge in [-0.05, 0) is 59.0 Å². The second-order valence-electron chi connectivity index (χ2n) is 16.2. The van der Waals surface area contributed by atoms with Gasteiger partial charge >= 0.3 is 5.97 Å². The number of Topliss-reactive ketones (excluding diaryl/α,β-unsaturated/α-hetero) is 1. The molecule has 5 aliphatic rings. The van der Waals surface area contributed by atoms with Gasteiger partial charge in [0.05, 0.1) is 52.3 Å². The maximum Gasteiger partial charge on any atom is 0.316 e. The highest BCUT2D eigenvalue weighted by atomic mass is 16.7. The minimum Gasteiger partial charge on any atom is -0.507 e. The lowest BCUT2D eigenvalue weighted by Gasteiger charge is -2.48. The predicted molar refractivity (Wildman–Crippen MR) is 201 cm³/mol. The second-order valence-corrected chi connectivity index (χ2v) is 16.2. The predicted octanol–water partition coefficient (Wildman–Crippen LogP) is 3.16. The number of methoxy groups -OCH3 is 1. The zero-order valence-corrected chi connectivity index (χ0v) is 33.2. The summed E-state index contributed by atoms with van der Waals surface area (Å²) in [6, 6.07) is 4.70. The summed E-state index contributed by atoms with van der Waals surface area (Å²) in [5.41, 5.74) is -3.63. The van der Waals surface area contributed by atoms with Crippen LogP contribution in [0.5, 0.6) is 11.5 Å². The third kappa shape index (κ3) is 7.47. The van der Waals surface area contributed by atoms with Gasteiger partial charge in [-0.1, -0.05) is 19.1 Å². The Labute approximate surface area is 340 Å². The highest BCUT2D eigenvalue weighted by Gasteiger charge is 2.53. The molecule has 2 aromatic carbocycles. The molecule has 0 spiro atoms. The van der Waals surface area contributed by atoms with Gasteiger partial charge in [-0.3, -0.25) is 19.2 Å². The Hall–Kier alpha value is -3.84. The zero-order chi connectivity index (χ0) is 44.5. The average Bonchev–Trinajstić information content (AvgIpc) is 3.16. The second kappa shape index (κ2) is 16.3. The fourth-order valence-corrected chi connectivity index (χ4v) is 9.21. The molecule has 2 aromatic rings. The van der Waals surface area contributed by atoms with Crippen molar-refractivity contribution in [3.05, 3.63) is 57.6 Å². The minimum absolute atomic E-state index is 0.0116. The summed E-state index contributed by atoms with van der Waals surface area (Å²) >= 11 is 0. The van der Waals surface area contributed by atoms with E-state index in [4.69, 9.17) is 37.3 Å². The number of hydrogen-bond donors (Lipinski definition) is 4. The summed E-state index contributed by atoms with van der Waals surface area (Å²) in [5, 5.41) is 46.0. The normalized spacial score (nSPS) is 37.3. The molecular weight excluding hydrogens is 759 g/mol. The fourth-order valence-electron chi connectivity index (χ4n) is 9.21. The number of aliphatic hydroxyl groups excluding tert-OH is 1. The van der Waals surface area contributed by atoms with Gasteiger partial charge in [0.1, 0.15) is 35.7 Å². The molecule has 0 saturated carbocycles. The van der Waals surface area contributed by atoms with Gasteiger partial charge in [0.15, 0.2) is 30.4 Å². The number of likely N-dealkylation sites (N-methyl/N-ethyl adjacent to an activating group) is 1. The molecule has 0 radical (unpaired) electrons. The molecule has 13 atom stereocenters. The molecule has 0 aromatic heterocycles.